The normalized spacial score (nSPS) is 7.44. The van der Waals surface area contributed by atoms with Gasteiger partial charge in [0.05, 0.1) is 0 Å². The highest BCUT2D eigenvalue weighted by molar-refractivity contribution is 9.08. The molecular weight excluding hydrogens is 183 g/mol. The molecule has 0 spiro atoms. The molecule has 0 aromatic heterocycles. The summed E-state index contributed by atoms with van der Waals surface area (Å²) in [6.07, 6.45) is 0. The SMILES string of the molecule is CBr.Fc1ccccc1. The molecule has 0 atom stereocenters. The minimum absolute atomic E-state index is 0.178. The number of hydrogen-bond acceptors (Lipinski definition) is 0. The Labute approximate surface area is 62.8 Å². The predicted molar refractivity (Wildman–Crippen MR) is 41.3 cm³/mol. The van der Waals surface area contributed by atoms with E-state index in [9.17, 15) is 4.39 Å². The van der Waals surface area contributed by atoms with Gasteiger partial charge in [-0.15, -0.1) is 0 Å². The van der Waals surface area contributed by atoms with E-state index in [0.29, 0.717) is 0 Å². The Balaban J connectivity index is 0.000000291. The van der Waals surface area contributed by atoms with Crippen molar-refractivity contribution in [3.8, 4) is 0 Å². The number of alkyl halides is 1. The molecule has 1 aromatic rings. The fourth-order valence-corrected chi connectivity index (χ4v) is 0.415. The van der Waals surface area contributed by atoms with E-state index in [0.717, 1.165) is 0 Å². The van der Waals surface area contributed by atoms with E-state index in [1.807, 2.05) is 5.83 Å². The lowest BCUT2D eigenvalue weighted by Crippen LogP contribution is -1.63. The third-order valence-corrected chi connectivity index (χ3v) is 0.733. The van der Waals surface area contributed by atoms with Crippen LogP contribution in [-0.4, -0.2) is 5.83 Å². The molecule has 0 fully saturated rings. The lowest BCUT2D eigenvalue weighted by atomic mass is 10.4. The highest BCUT2D eigenvalue weighted by atomic mass is 79.9. The zero-order valence-corrected chi connectivity index (χ0v) is 6.73. The van der Waals surface area contributed by atoms with E-state index in [4.69, 9.17) is 0 Å². The maximum absolute atomic E-state index is 11.9. The van der Waals surface area contributed by atoms with Gasteiger partial charge in [0, 0.05) is 0 Å². The quantitative estimate of drug-likeness (QED) is 0.553. The molecule has 0 bridgehead atoms. The summed E-state index contributed by atoms with van der Waals surface area (Å²) in [5.41, 5.74) is 0. The Morgan fingerprint density at radius 2 is 1.56 bits per heavy atom. The molecule has 0 aliphatic heterocycles. The van der Waals surface area contributed by atoms with Crippen molar-refractivity contribution in [2.45, 2.75) is 0 Å². The molecule has 9 heavy (non-hydrogen) atoms. The summed E-state index contributed by atoms with van der Waals surface area (Å²) in [4.78, 5) is 0. The van der Waals surface area contributed by atoms with Crippen LogP contribution in [0.3, 0.4) is 0 Å². The monoisotopic (exact) mass is 190 g/mol. The summed E-state index contributed by atoms with van der Waals surface area (Å²) in [5, 5.41) is 0. The standard InChI is InChI=1S/C6H5F.CH3Br/c7-6-4-2-1-3-5-6;1-2/h1-5H;1H3. The molecule has 1 rings (SSSR count). The van der Waals surface area contributed by atoms with Crippen LogP contribution in [0.2, 0.25) is 0 Å². The summed E-state index contributed by atoms with van der Waals surface area (Å²) in [6.45, 7) is 0. The second kappa shape index (κ2) is 5.76. The molecule has 0 heterocycles. The van der Waals surface area contributed by atoms with Crippen molar-refractivity contribution in [2.75, 3.05) is 5.83 Å². The number of hydrogen-bond donors (Lipinski definition) is 0. The van der Waals surface area contributed by atoms with Crippen LogP contribution in [0.4, 0.5) is 4.39 Å². The van der Waals surface area contributed by atoms with Gasteiger partial charge < -0.3 is 0 Å². The van der Waals surface area contributed by atoms with Crippen molar-refractivity contribution in [1.82, 2.24) is 0 Å². The number of benzene rings is 1. The minimum atomic E-state index is -0.178. The van der Waals surface area contributed by atoms with E-state index in [-0.39, 0.29) is 5.82 Å². The molecule has 0 saturated heterocycles. The average molecular weight is 191 g/mol. The van der Waals surface area contributed by atoms with Gasteiger partial charge in [-0.05, 0) is 18.0 Å². The molecule has 50 valence electrons. The van der Waals surface area contributed by atoms with Gasteiger partial charge in [0.1, 0.15) is 5.82 Å². The van der Waals surface area contributed by atoms with Crippen molar-refractivity contribution in [1.29, 1.82) is 0 Å². The Hall–Kier alpha value is -0.370. The lowest BCUT2D eigenvalue weighted by Gasteiger charge is -1.78. The molecule has 0 nitrogen and oxygen atoms in total. The van der Waals surface area contributed by atoms with Crippen LogP contribution >= 0.6 is 15.9 Å². The predicted octanol–water partition coefficient (Wildman–Crippen LogP) is 2.84. The van der Waals surface area contributed by atoms with Crippen molar-refractivity contribution in [2.24, 2.45) is 0 Å². The van der Waals surface area contributed by atoms with Crippen LogP contribution < -0.4 is 0 Å². The van der Waals surface area contributed by atoms with Gasteiger partial charge in [-0.25, -0.2) is 4.39 Å². The number of rotatable bonds is 0. The smallest absolute Gasteiger partial charge is 0.123 e. The molecule has 0 N–H and O–H groups in total. The van der Waals surface area contributed by atoms with E-state index in [1.54, 1.807) is 18.2 Å². The fraction of sp³-hybridized carbons (Fsp3) is 0.143. The first-order chi connectivity index (χ1) is 4.39. The molecular formula is C7H8BrF. The summed E-state index contributed by atoms with van der Waals surface area (Å²) in [6, 6.07) is 7.94. The van der Waals surface area contributed by atoms with Crippen molar-refractivity contribution >= 4 is 15.9 Å². The molecule has 0 unspecified atom stereocenters. The van der Waals surface area contributed by atoms with Gasteiger partial charge in [0.15, 0.2) is 0 Å². The Morgan fingerprint density at radius 3 is 1.78 bits per heavy atom. The van der Waals surface area contributed by atoms with Crippen LogP contribution in [0, 0.1) is 5.82 Å². The minimum Gasteiger partial charge on any atom is -0.207 e. The molecule has 0 saturated carbocycles. The number of halogens is 2. The second-order valence-corrected chi connectivity index (χ2v) is 1.30. The molecule has 0 aliphatic carbocycles. The highest BCUT2D eigenvalue weighted by Crippen LogP contribution is 1.91. The highest BCUT2D eigenvalue weighted by Gasteiger charge is 1.77. The average Bonchev–Trinajstić information content (AvgIpc) is 1.94. The van der Waals surface area contributed by atoms with Crippen LogP contribution in [-0.2, 0) is 0 Å². The van der Waals surface area contributed by atoms with Crippen molar-refractivity contribution in [3.63, 3.8) is 0 Å². The lowest BCUT2D eigenvalue weighted by molar-refractivity contribution is 0.628. The van der Waals surface area contributed by atoms with E-state index in [1.165, 1.54) is 12.1 Å². The molecule has 0 amide bonds. The zero-order valence-electron chi connectivity index (χ0n) is 5.14. The molecule has 2 heteroatoms. The van der Waals surface area contributed by atoms with Crippen LogP contribution in [0.1, 0.15) is 0 Å². The summed E-state index contributed by atoms with van der Waals surface area (Å²) >= 11 is 2.94. The first-order valence-electron chi connectivity index (χ1n) is 2.48. The first kappa shape index (κ1) is 8.63. The third-order valence-electron chi connectivity index (χ3n) is 0.733. The molecule has 0 aliphatic rings. The summed E-state index contributed by atoms with van der Waals surface area (Å²) in [5.74, 6) is 1.63. The van der Waals surface area contributed by atoms with Crippen LogP contribution in [0.25, 0.3) is 0 Å². The summed E-state index contributed by atoms with van der Waals surface area (Å²) < 4.78 is 11.9. The zero-order chi connectivity index (χ0) is 7.11. The maximum atomic E-state index is 11.9. The van der Waals surface area contributed by atoms with E-state index in [2.05, 4.69) is 15.9 Å². The fourth-order valence-electron chi connectivity index (χ4n) is 0.415. The third kappa shape index (κ3) is 4.15. The Kier molecular flexibility index (Phi) is 5.52. The van der Waals surface area contributed by atoms with Gasteiger partial charge in [-0.1, -0.05) is 34.1 Å². The van der Waals surface area contributed by atoms with Crippen molar-refractivity contribution in [3.05, 3.63) is 36.1 Å². The maximum Gasteiger partial charge on any atom is 0.123 e. The molecule has 1 aromatic carbocycles. The van der Waals surface area contributed by atoms with E-state index < -0.39 is 0 Å². The largest absolute Gasteiger partial charge is 0.207 e. The van der Waals surface area contributed by atoms with E-state index >= 15 is 0 Å². The van der Waals surface area contributed by atoms with Gasteiger partial charge >= 0.3 is 0 Å². The first-order valence-corrected chi connectivity index (χ1v) is 4.06. The summed E-state index contributed by atoms with van der Waals surface area (Å²) in [7, 11) is 0. The topological polar surface area (TPSA) is 0 Å². The van der Waals surface area contributed by atoms with Gasteiger partial charge in [-0.3, -0.25) is 0 Å². The van der Waals surface area contributed by atoms with Gasteiger partial charge in [0.25, 0.3) is 0 Å². The molecule has 0 radical (unpaired) electrons. The van der Waals surface area contributed by atoms with Crippen LogP contribution in [0.15, 0.2) is 30.3 Å². The Morgan fingerprint density at radius 1 is 1.11 bits per heavy atom. The van der Waals surface area contributed by atoms with Gasteiger partial charge in [-0.2, -0.15) is 0 Å². The van der Waals surface area contributed by atoms with Gasteiger partial charge in [0.2, 0.25) is 0 Å². The second-order valence-electron chi connectivity index (χ2n) is 1.30. The Bertz CT molecular complexity index is 139. The van der Waals surface area contributed by atoms with Crippen molar-refractivity contribution < 1.29 is 4.39 Å². The van der Waals surface area contributed by atoms with Crippen LogP contribution in [0.5, 0.6) is 0 Å².